The molecule has 0 amide bonds. The molecule has 1 aliphatic heterocycles. The van der Waals surface area contributed by atoms with Crippen LogP contribution in [0.25, 0.3) is 0 Å². The van der Waals surface area contributed by atoms with Crippen molar-refractivity contribution in [2.75, 3.05) is 13.2 Å². The zero-order valence-electron chi connectivity index (χ0n) is 7.85. The molecule has 0 saturated carbocycles. The number of ether oxygens (including phenoxy) is 1. The van der Waals surface area contributed by atoms with Gasteiger partial charge in [-0.05, 0) is 0 Å². The van der Waals surface area contributed by atoms with E-state index in [1.165, 1.54) is 12.7 Å². The van der Waals surface area contributed by atoms with Gasteiger partial charge in [0.15, 0.2) is 6.39 Å². The summed E-state index contributed by atoms with van der Waals surface area (Å²) in [6.45, 7) is 1.09. The highest BCUT2D eigenvalue weighted by Crippen LogP contribution is 2.31. The lowest BCUT2D eigenvalue weighted by Gasteiger charge is -2.35. The molecule has 0 aromatic carbocycles. The van der Waals surface area contributed by atoms with Gasteiger partial charge in [-0.15, -0.1) is 0 Å². The van der Waals surface area contributed by atoms with Crippen molar-refractivity contribution >= 4 is 0 Å². The molecule has 2 heterocycles. The van der Waals surface area contributed by atoms with Crippen LogP contribution in [0.5, 0.6) is 0 Å². The number of aliphatic hydroxyl groups is 1. The van der Waals surface area contributed by atoms with Crippen LogP contribution in [0.3, 0.4) is 0 Å². The highest BCUT2D eigenvalue weighted by atomic mass is 16.5. The molecule has 1 aliphatic rings. The summed E-state index contributed by atoms with van der Waals surface area (Å²) in [6.07, 6.45) is 3.87. The maximum atomic E-state index is 10.2. The zero-order valence-corrected chi connectivity index (χ0v) is 7.85. The van der Waals surface area contributed by atoms with Crippen LogP contribution in [0.2, 0.25) is 0 Å². The van der Waals surface area contributed by atoms with E-state index in [0.29, 0.717) is 31.7 Å². The minimum atomic E-state index is -0.908. The Morgan fingerprint density at radius 1 is 1.50 bits per heavy atom. The Hall–Kier alpha value is -0.910. The summed E-state index contributed by atoms with van der Waals surface area (Å²) in [5.41, 5.74) is 5.60. The molecule has 0 spiro atoms. The molecule has 1 atom stereocenters. The van der Waals surface area contributed by atoms with Gasteiger partial charge in [0, 0.05) is 26.1 Å². The molecule has 14 heavy (non-hydrogen) atoms. The Morgan fingerprint density at radius 2 is 2.21 bits per heavy atom. The van der Waals surface area contributed by atoms with Crippen LogP contribution in [0.15, 0.2) is 17.1 Å². The van der Waals surface area contributed by atoms with Crippen molar-refractivity contribution in [2.24, 2.45) is 5.73 Å². The quantitative estimate of drug-likeness (QED) is 0.710. The summed E-state index contributed by atoms with van der Waals surface area (Å²) < 4.78 is 10.0. The Balaban J connectivity index is 2.13. The van der Waals surface area contributed by atoms with Gasteiger partial charge in [0.05, 0.1) is 17.3 Å². The fourth-order valence-electron chi connectivity index (χ4n) is 1.69. The second-order valence-corrected chi connectivity index (χ2v) is 3.61. The molecular weight excluding hydrogens is 184 g/mol. The van der Waals surface area contributed by atoms with Gasteiger partial charge in [-0.25, -0.2) is 4.98 Å². The number of rotatable bonds is 2. The van der Waals surface area contributed by atoms with E-state index in [9.17, 15) is 5.11 Å². The van der Waals surface area contributed by atoms with Gasteiger partial charge >= 0.3 is 0 Å². The lowest BCUT2D eigenvalue weighted by Crippen LogP contribution is -2.45. The summed E-state index contributed by atoms with van der Waals surface area (Å²) in [5, 5.41) is 10.2. The van der Waals surface area contributed by atoms with Crippen molar-refractivity contribution < 1.29 is 14.3 Å². The summed E-state index contributed by atoms with van der Waals surface area (Å²) in [4.78, 5) is 3.94. The summed E-state index contributed by atoms with van der Waals surface area (Å²) in [7, 11) is 0. The highest BCUT2D eigenvalue weighted by molar-refractivity contribution is 5.07. The third-order valence-corrected chi connectivity index (χ3v) is 2.71. The van der Waals surface area contributed by atoms with Crippen molar-refractivity contribution in [3.8, 4) is 0 Å². The van der Waals surface area contributed by atoms with E-state index in [4.69, 9.17) is 14.9 Å². The lowest BCUT2D eigenvalue weighted by molar-refractivity contribution is -0.0797. The van der Waals surface area contributed by atoms with Crippen LogP contribution >= 0.6 is 0 Å². The number of oxazole rings is 1. The van der Waals surface area contributed by atoms with Gasteiger partial charge in [-0.1, -0.05) is 0 Å². The molecule has 0 bridgehead atoms. The van der Waals surface area contributed by atoms with Crippen LogP contribution in [0, 0.1) is 0 Å². The summed E-state index contributed by atoms with van der Waals surface area (Å²) in [5.74, 6) is 0. The summed E-state index contributed by atoms with van der Waals surface area (Å²) in [6, 6.07) is -0.495. The van der Waals surface area contributed by atoms with E-state index in [0.717, 1.165) is 0 Å². The first kappa shape index (κ1) is 9.64. The SMILES string of the molecule is NC(c1cocn1)C1(O)CCOCC1. The molecule has 5 heteroatoms. The van der Waals surface area contributed by atoms with Crippen LogP contribution in [0.4, 0.5) is 0 Å². The molecule has 3 N–H and O–H groups in total. The van der Waals surface area contributed by atoms with Gasteiger partial charge in [0.2, 0.25) is 0 Å². The first-order chi connectivity index (χ1) is 6.72. The predicted octanol–water partition coefficient (Wildman–Crippen LogP) is 0.216. The minimum absolute atomic E-state index is 0.495. The summed E-state index contributed by atoms with van der Waals surface area (Å²) >= 11 is 0. The maximum absolute atomic E-state index is 10.2. The third-order valence-electron chi connectivity index (χ3n) is 2.71. The predicted molar refractivity (Wildman–Crippen MR) is 48.4 cm³/mol. The van der Waals surface area contributed by atoms with Gasteiger partial charge < -0.3 is 20.0 Å². The Labute approximate surface area is 81.9 Å². The zero-order chi connectivity index (χ0) is 10.0. The maximum Gasteiger partial charge on any atom is 0.180 e. The van der Waals surface area contributed by atoms with Gasteiger partial charge in [0.1, 0.15) is 6.26 Å². The first-order valence-electron chi connectivity index (χ1n) is 4.66. The van der Waals surface area contributed by atoms with Crippen LogP contribution in [0.1, 0.15) is 24.6 Å². The van der Waals surface area contributed by atoms with E-state index in [-0.39, 0.29) is 0 Å². The first-order valence-corrected chi connectivity index (χ1v) is 4.66. The topological polar surface area (TPSA) is 81.5 Å². The lowest BCUT2D eigenvalue weighted by atomic mass is 9.85. The Bertz CT molecular complexity index is 280. The second kappa shape index (κ2) is 3.68. The van der Waals surface area contributed by atoms with Crippen molar-refractivity contribution in [1.29, 1.82) is 0 Å². The third kappa shape index (κ3) is 1.66. The van der Waals surface area contributed by atoms with Crippen LogP contribution in [-0.2, 0) is 4.74 Å². The van der Waals surface area contributed by atoms with E-state index < -0.39 is 11.6 Å². The molecule has 1 aromatic heterocycles. The number of hydrogen-bond acceptors (Lipinski definition) is 5. The molecule has 1 aromatic rings. The van der Waals surface area contributed by atoms with Crippen molar-refractivity contribution in [1.82, 2.24) is 4.98 Å². The number of aromatic nitrogens is 1. The van der Waals surface area contributed by atoms with Gasteiger partial charge in [0.25, 0.3) is 0 Å². The largest absolute Gasteiger partial charge is 0.451 e. The van der Waals surface area contributed by atoms with E-state index in [1.807, 2.05) is 0 Å². The molecule has 1 saturated heterocycles. The fourth-order valence-corrected chi connectivity index (χ4v) is 1.69. The van der Waals surface area contributed by atoms with Crippen LogP contribution in [-0.4, -0.2) is 28.9 Å². The molecule has 1 fully saturated rings. The number of hydrogen-bond donors (Lipinski definition) is 2. The molecule has 2 rings (SSSR count). The van der Waals surface area contributed by atoms with Gasteiger partial charge in [-0.2, -0.15) is 0 Å². The standard InChI is InChI=1S/C9H14N2O3/c10-8(7-5-14-6-11-7)9(12)1-3-13-4-2-9/h5-6,8,12H,1-4,10H2. The van der Waals surface area contributed by atoms with Crippen molar-refractivity contribution in [3.05, 3.63) is 18.4 Å². The molecule has 0 aliphatic carbocycles. The smallest absolute Gasteiger partial charge is 0.180 e. The van der Waals surface area contributed by atoms with Crippen LogP contribution < -0.4 is 5.73 Å². The molecule has 5 nitrogen and oxygen atoms in total. The van der Waals surface area contributed by atoms with E-state index in [1.54, 1.807) is 0 Å². The molecular formula is C9H14N2O3. The molecule has 1 unspecified atom stereocenters. The highest BCUT2D eigenvalue weighted by Gasteiger charge is 2.38. The average molecular weight is 198 g/mol. The second-order valence-electron chi connectivity index (χ2n) is 3.61. The number of nitrogens with zero attached hydrogens (tertiary/aromatic N) is 1. The van der Waals surface area contributed by atoms with Crippen molar-refractivity contribution in [2.45, 2.75) is 24.5 Å². The fraction of sp³-hybridized carbons (Fsp3) is 0.667. The van der Waals surface area contributed by atoms with Crippen molar-refractivity contribution in [3.63, 3.8) is 0 Å². The minimum Gasteiger partial charge on any atom is -0.451 e. The van der Waals surface area contributed by atoms with E-state index >= 15 is 0 Å². The van der Waals surface area contributed by atoms with E-state index in [2.05, 4.69) is 4.98 Å². The van der Waals surface area contributed by atoms with Gasteiger partial charge in [-0.3, -0.25) is 0 Å². The molecule has 0 radical (unpaired) electrons. The normalized spacial score (nSPS) is 23.3. The Kier molecular flexibility index (Phi) is 2.54. The number of nitrogens with two attached hydrogens (primary N) is 1. The average Bonchev–Trinajstić information content (AvgIpc) is 2.70. The Morgan fingerprint density at radius 3 is 2.79 bits per heavy atom. The monoisotopic (exact) mass is 198 g/mol. The molecule has 78 valence electrons.